The Hall–Kier alpha value is -1.73. The number of sulfonamides is 1. The lowest BCUT2D eigenvalue weighted by molar-refractivity contribution is -0.152. The lowest BCUT2D eigenvalue weighted by Gasteiger charge is -2.31. The molecule has 1 heterocycles. The minimum Gasteiger partial charge on any atom is -0.457 e. The molecule has 6 nitrogen and oxygen atoms in total. The number of ketones is 1. The van der Waals surface area contributed by atoms with Gasteiger partial charge in [0.25, 0.3) is 0 Å². The number of Topliss-reactive ketones (excluding diaryl/α,β-unsaturated/α-hetero) is 1. The van der Waals surface area contributed by atoms with Crippen LogP contribution in [0.4, 0.5) is 0 Å². The molecule has 1 saturated heterocycles. The van der Waals surface area contributed by atoms with E-state index in [0.29, 0.717) is 17.7 Å². The molecule has 1 aromatic rings. The second-order valence-electron chi connectivity index (χ2n) is 7.08. The minimum absolute atomic E-state index is 0.209. The lowest BCUT2D eigenvalue weighted by Crippen LogP contribution is -2.41. The molecule has 0 spiro atoms. The SMILES string of the molecule is CC(=O)COC(=O)C1CCN(S(=O)(=O)c2c(C)c(C)cc(C)c2C)CC1. The number of nitrogens with zero attached hydrogens (tertiary/aromatic N) is 1. The van der Waals surface area contributed by atoms with Crippen LogP contribution in [0.2, 0.25) is 0 Å². The summed E-state index contributed by atoms with van der Waals surface area (Å²) in [7, 11) is -3.62. The second-order valence-corrected chi connectivity index (χ2v) is 8.95. The normalized spacial score (nSPS) is 16.5. The molecule has 1 aromatic carbocycles. The van der Waals surface area contributed by atoms with E-state index in [1.54, 1.807) is 0 Å². The predicted octanol–water partition coefficient (Wildman–Crippen LogP) is 2.45. The van der Waals surface area contributed by atoms with Crippen LogP contribution in [0.25, 0.3) is 0 Å². The van der Waals surface area contributed by atoms with E-state index in [1.165, 1.54) is 11.2 Å². The van der Waals surface area contributed by atoms with Gasteiger partial charge in [0.1, 0.15) is 6.61 Å². The molecule has 0 unspecified atom stereocenters. The van der Waals surface area contributed by atoms with Crippen molar-refractivity contribution in [3.8, 4) is 0 Å². The van der Waals surface area contributed by atoms with Gasteiger partial charge in [0.15, 0.2) is 5.78 Å². The van der Waals surface area contributed by atoms with Gasteiger partial charge in [-0.3, -0.25) is 9.59 Å². The Bertz CT molecular complexity index is 795. The van der Waals surface area contributed by atoms with Crippen molar-refractivity contribution < 1.29 is 22.7 Å². The summed E-state index contributed by atoms with van der Waals surface area (Å²) in [4.78, 5) is 23.3. The third kappa shape index (κ3) is 4.15. The van der Waals surface area contributed by atoms with Gasteiger partial charge in [-0.15, -0.1) is 0 Å². The fraction of sp³-hybridized carbons (Fsp3) is 0.579. The van der Waals surface area contributed by atoms with Gasteiger partial charge in [-0.05, 0) is 69.7 Å². The Morgan fingerprint density at radius 2 is 1.58 bits per heavy atom. The summed E-state index contributed by atoms with van der Waals surface area (Å²) >= 11 is 0. The van der Waals surface area contributed by atoms with Crippen molar-refractivity contribution in [1.29, 1.82) is 0 Å². The van der Waals surface area contributed by atoms with Gasteiger partial charge >= 0.3 is 5.97 Å². The van der Waals surface area contributed by atoms with Crippen LogP contribution in [-0.2, 0) is 24.3 Å². The summed E-state index contributed by atoms with van der Waals surface area (Å²) in [5, 5.41) is 0. The third-order valence-electron chi connectivity index (χ3n) is 5.10. The topological polar surface area (TPSA) is 80.8 Å². The Kier molecular flexibility index (Phi) is 6.24. The van der Waals surface area contributed by atoms with Crippen LogP contribution in [-0.4, -0.2) is 44.2 Å². The van der Waals surface area contributed by atoms with E-state index in [9.17, 15) is 18.0 Å². The summed E-state index contributed by atoms with van der Waals surface area (Å²) < 4.78 is 32.8. The minimum atomic E-state index is -3.62. The van der Waals surface area contributed by atoms with Crippen LogP contribution in [0.1, 0.15) is 42.0 Å². The van der Waals surface area contributed by atoms with Crippen LogP contribution >= 0.6 is 0 Å². The second kappa shape index (κ2) is 7.88. The number of ether oxygens (including phenoxy) is 1. The summed E-state index contributed by atoms with van der Waals surface area (Å²) in [5.41, 5.74) is 3.45. The zero-order valence-electron chi connectivity index (χ0n) is 16.1. The average Bonchev–Trinajstić information content (AvgIpc) is 2.58. The average molecular weight is 381 g/mol. The van der Waals surface area contributed by atoms with Crippen LogP contribution in [0.3, 0.4) is 0 Å². The van der Waals surface area contributed by atoms with Crippen LogP contribution in [0, 0.1) is 33.6 Å². The number of carbonyl (C=O) groups excluding carboxylic acids is 2. The Morgan fingerprint density at radius 1 is 1.08 bits per heavy atom. The summed E-state index contributed by atoms with van der Waals surface area (Å²) in [6.45, 7) is 9.18. The van der Waals surface area contributed by atoms with Crippen LogP contribution < -0.4 is 0 Å². The molecule has 7 heteroatoms. The van der Waals surface area contributed by atoms with Crippen molar-refractivity contribution in [2.75, 3.05) is 19.7 Å². The van der Waals surface area contributed by atoms with Gasteiger partial charge in [-0.2, -0.15) is 4.31 Å². The largest absolute Gasteiger partial charge is 0.457 e. The maximum Gasteiger partial charge on any atom is 0.309 e. The number of hydrogen-bond acceptors (Lipinski definition) is 5. The molecule has 1 fully saturated rings. The molecule has 0 N–H and O–H groups in total. The lowest BCUT2D eigenvalue weighted by atomic mass is 9.98. The molecular weight excluding hydrogens is 354 g/mol. The number of aryl methyl sites for hydroxylation is 2. The van der Waals surface area contributed by atoms with Crippen molar-refractivity contribution in [3.63, 3.8) is 0 Å². The zero-order valence-corrected chi connectivity index (χ0v) is 16.9. The number of rotatable bonds is 5. The standard InChI is InChI=1S/C19H27NO5S/c1-12-10-13(2)16(5)18(15(12)4)26(23,24)20-8-6-17(7-9-20)19(22)25-11-14(3)21/h10,17H,6-9,11H2,1-5H3. The van der Waals surface area contributed by atoms with Crippen molar-refractivity contribution in [1.82, 2.24) is 4.31 Å². The first kappa shape index (κ1) is 20.6. The summed E-state index contributed by atoms with van der Waals surface area (Å²) in [5.74, 6) is -0.989. The molecule has 144 valence electrons. The number of carbonyl (C=O) groups is 2. The van der Waals surface area contributed by atoms with Crippen LogP contribution in [0.5, 0.6) is 0 Å². The van der Waals surface area contributed by atoms with Gasteiger partial charge in [-0.25, -0.2) is 8.42 Å². The Balaban J connectivity index is 2.17. The van der Waals surface area contributed by atoms with Crippen LogP contribution in [0.15, 0.2) is 11.0 Å². The number of esters is 1. The molecule has 2 rings (SSSR count). The van der Waals surface area contributed by atoms with Gasteiger partial charge in [0.2, 0.25) is 10.0 Å². The Labute approximate surface area is 155 Å². The van der Waals surface area contributed by atoms with E-state index in [-0.39, 0.29) is 31.4 Å². The molecule has 0 radical (unpaired) electrons. The molecular formula is C19H27NO5S. The van der Waals surface area contributed by atoms with Crippen molar-refractivity contribution >= 4 is 21.8 Å². The first-order chi connectivity index (χ1) is 12.1. The molecule has 0 saturated carbocycles. The predicted molar refractivity (Wildman–Crippen MR) is 98.5 cm³/mol. The fourth-order valence-corrected chi connectivity index (χ4v) is 5.36. The molecule has 0 atom stereocenters. The molecule has 1 aliphatic rings. The van der Waals surface area contributed by atoms with E-state index in [2.05, 4.69) is 0 Å². The van der Waals surface area contributed by atoms with Crippen molar-refractivity contribution in [2.24, 2.45) is 5.92 Å². The summed E-state index contributed by atoms with van der Waals surface area (Å²) in [6, 6.07) is 2.00. The zero-order chi connectivity index (χ0) is 19.6. The van der Waals surface area contributed by atoms with Gasteiger partial charge in [0, 0.05) is 13.1 Å². The summed E-state index contributed by atoms with van der Waals surface area (Å²) in [6.07, 6.45) is 0.803. The molecule has 0 amide bonds. The maximum atomic E-state index is 13.2. The number of hydrogen-bond donors (Lipinski definition) is 0. The van der Waals surface area contributed by atoms with Gasteiger partial charge in [-0.1, -0.05) is 6.07 Å². The van der Waals surface area contributed by atoms with Gasteiger partial charge < -0.3 is 4.74 Å². The molecule has 1 aliphatic heterocycles. The Morgan fingerprint density at radius 3 is 2.04 bits per heavy atom. The highest BCUT2D eigenvalue weighted by molar-refractivity contribution is 7.89. The highest BCUT2D eigenvalue weighted by Gasteiger charge is 2.34. The van der Waals surface area contributed by atoms with Crippen molar-refractivity contribution in [3.05, 3.63) is 28.3 Å². The first-order valence-corrected chi connectivity index (χ1v) is 10.2. The molecule has 26 heavy (non-hydrogen) atoms. The van der Waals surface area contributed by atoms with E-state index < -0.39 is 16.0 Å². The van der Waals surface area contributed by atoms with E-state index in [1.807, 2.05) is 33.8 Å². The van der Waals surface area contributed by atoms with Crippen molar-refractivity contribution in [2.45, 2.75) is 52.4 Å². The van der Waals surface area contributed by atoms with E-state index in [4.69, 9.17) is 4.74 Å². The third-order valence-corrected chi connectivity index (χ3v) is 7.27. The van der Waals surface area contributed by atoms with Gasteiger partial charge in [0.05, 0.1) is 10.8 Å². The van der Waals surface area contributed by atoms with E-state index in [0.717, 1.165) is 22.3 Å². The fourth-order valence-electron chi connectivity index (χ4n) is 3.32. The molecule has 0 aliphatic carbocycles. The monoisotopic (exact) mass is 381 g/mol. The smallest absolute Gasteiger partial charge is 0.309 e. The molecule has 0 aromatic heterocycles. The quantitative estimate of drug-likeness (QED) is 0.732. The molecule has 0 bridgehead atoms. The number of piperidine rings is 1. The first-order valence-electron chi connectivity index (χ1n) is 8.79. The van der Waals surface area contributed by atoms with E-state index >= 15 is 0 Å². The maximum absolute atomic E-state index is 13.2. The highest BCUT2D eigenvalue weighted by atomic mass is 32.2. The highest BCUT2D eigenvalue weighted by Crippen LogP contribution is 2.31. The number of benzene rings is 1.